The van der Waals surface area contributed by atoms with E-state index in [1.807, 2.05) is 20.8 Å². The van der Waals surface area contributed by atoms with Crippen LogP contribution in [0.25, 0.3) is 0 Å². The SMILES string of the molecule is CC(C)(C)C(N)C(=O)Nc1cc(Cl)ccc1Br. The molecule has 17 heavy (non-hydrogen) atoms. The minimum absolute atomic E-state index is 0.222. The third kappa shape index (κ3) is 3.98. The summed E-state index contributed by atoms with van der Waals surface area (Å²) in [7, 11) is 0. The van der Waals surface area contributed by atoms with E-state index in [-0.39, 0.29) is 11.3 Å². The van der Waals surface area contributed by atoms with Gasteiger partial charge in [-0.2, -0.15) is 0 Å². The normalized spacial score (nSPS) is 13.3. The number of rotatable bonds is 2. The molecule has 0 fully saturated rings. The first-order valence-corrected chi connectivity index (χ1v) is 6.40. The van der Waals surface area contributed by atoms with Crippen molar-refractivity contribution in [3.63, 3.8) is 0 Å². The minimum atomic E-state index is -0.576. The van der Waals surface area contributed by atoms with E-state index in [4.69, 9.17) is 17.3 Å². The van der Waals surface area contributed by atoms with Crippen molar-refractivity contribution >= 4 is 39.1 Å². The lowest BCUT2D eigenvalue weighted by Gasteiger charge is -2.26. The van der Waals surface area contributed by atoms with Gasteiger partial charge in [-0.05, 0) is 39.5 Å². The molecule has 0 saturated heterocycles. The predicted octanol–water partition coefficient (Wildman–Crippen LogP) is 3.41. The van der Waals surface area contributed by atoms with Gasteiger partial charge in [0.2, 0.25) is 5.91 Å². The Labute approximate surface area is 115 Å². The van der Waals surface area contributed by atoms with Gasteiger partial charge in [-0.15, -0.1) is 0 Å². The van der Waals surface area contributed by atoms with E-state index in [9.17, 15) is 4.79 Å². The average Bonchev–Trinajstić information content (AvgIpc) is 2.21. The maximum atomic E-state index is 11.9. The monoisotopic (exact) mass is 318 g/mol. The van der Waals surface area contributed by atoms with E-state index >= 15 is 0 Å². The Hall–Kier alpha value is -0.580. The summed E-state index contributed by atoms with van der Waals surface area (Å²) in [4.78, 5) is 11.9. The summed E-state index contributed by atoms with van der Waals surface area (Å²) in [5.74, 6) is -0.222. The van der Waals surface area contributed by atoms with Crippen molar-refractivity contribution in [3.8, 4) is 0 Å². The second-order valence-electron chi connectivity index (χ2n) is 4.96. The van der Waals surface area contributed by atoms with E-state index in [0.717, 1.165) is 4.47 Å². The number of hydrogen-bond acceptors (Lipinski definition) is 2. The van der Waals surface area contributed by atoms with Crippen LogP contribution >= 0.6 is 27.5 Å². The lowest BCUT2D eigenvalue weighted by Crippen LogP contribution is -2.45. The molecule has 0 radical (unpaired) electrons. The van der Waals surface area contributed by atoms with Crippen molar-refractivity contribution in [1.29, 1.82) is 0 Å². The topological polar surface area (TPSA) is 55.1 Å². The highest BCUT2D eigenvalue weighted by molar-refractivity contribution is 9.10. The lowest BCUT2D eigenvalue weighted by molar-refractivity contribution is -0.119. The zero-order valence-corrected chi connectivity index (χ0v) is 12.4. The number of anilines is 1. The largest absolute Gasteiger partial charge is 0.324 e. The fraction of sp³-hybridized carbons (Fsp3) is 0.417. The quantitative estimate of drug-likeness (QED) is 0.877. The molecule has 0 aliphatic carbocycles. The molecule has 0 spiro atoms. The fourth-order valence-electron chi connectivity index (χ4n) is 1.20. The third-order valence-corrected chi connectivity index (χ3v) is 3.33. The number of halogens is 2. The summed E-state index contributed by atoms with van der Waals surface area (Å²) in [6.07, 6.45) is 0. The first kappa shape index (κ1) is 14.5. The van der Waals surface area contributed by atoms with E-state index in [1.165, 1.54) is 0 Å². The summed E-state index contributed by atoms with van der Waals surface area (Å²) in [5, 5.41) is 3.32. The molecule has 0 aromatic heterocycles. The van der Waals surface area contributed by atoms with Gasteiger partial charge >= 0.3 is 0 Å². The molecule has 0 aliphatic rings. The van der Waals surface area contributed by atoms with Crippen molar-refractivity contribution in [2.24, 2.45) is 11.1 Å². The number of benzene rings is 1. The maximum Gasteiger partial charge on any atom is 0.241 e. The number of amides is 1. The minimum Gasteiger partial charge on any atom is -0.324 e. The Morgan fingerprint density at radius 2 is 2.06 bits per heavy atom. The average molecular weight is 320 g/mol. The molecule has 0 saturated carbocycles. The van der Waals surface area contributed by atoms with E-state index < -0.39 is 6.04 Å². The molecule has 1 amide bonds. The molecule has 0 heterocycles. The molecule has 0 bridgehead atoms. The van der Waals surface area contributed by atoms with E-state index in [0.29, 0.717) is 10.7 Å². The zero-order chi connectivity index (χ0) is 13.2. The molecule has 5 heteroatoms. The number of carbonyl (C=O) groups is 1. The molecule has 94 valence electrons. The standard InChI is InChI=1S/C12H16BrClN2O/c1-12(2,3)10(15)11(17)16-9-6-7(14)4-5-8(9)13/h4-6,10H,15H2,1-3H3,(H,16,17). The van der Waals surface area contributed by atoms with Gasteiger partial charge in [0.1, 0.15) is 0 Å². The van der Waals surface area contributed by atoms with Crippen LogP contribution < -0.4 is 11.1 Å². The van der Waals surface area contributed by atoms with Crippen LogP contribution in [0.2, 0.25) is 5.02 Å². The number of nitrogens with one attached hydrogen (secondary N) is 1. The van der Waals surface area contributed by atoms with Gasteiger partial charge in [0.15, 0.2) is 0 Å². The first-order chi connectivity index (χ1) is 7.71. The van der Waals surface area contributed by atoms with Gasteiger partial charge in [0.05, 0.1) is 11.7 Å². The fourth-order valence-corrected chi connectivity index (χ4v) is 1.71. The van der Waals surface area contributed by atoms with Gasteiger partial charge in [-0.25, -0.2) is 0 Å². The Morgan fingerprint density at radius 1 is 1.47 bits per heavy atom. The molecule has 1 rings (SSSR count). The van der Waals surface area contributed by atoms with Crippen molar-refractivity contribution in [3.05, 3.63) is 27.7 Å². The second-order valence-corrected chi connectivity index (χ2v) is 6.25. The van der Waals surface area contributed by atoms with Crippen LogP contribution in [0, 0.1) is 5.41 Å². The van der Waals surface area contributed by atoms with Crippen LogP contribution in [0.1, 0.15) is 20.8 Å². The number of nitrogens with two attached hydrogens (primary N) is 1. The van der Waals surface area contributed by atoms with Crippen LogP contribution in [0.5, 0.6) is 0 Å². The molecule has 1 aromatic carbocycles. The van der Waals surface area contributed by atoms with Crippen molar-refractivity contribution < 1.29 is 4.79 Å². The van der Waals surface area contributed by atoms with Crippen LogP contribution in [0.15, 0.2) is 22.7 Å². The summed E-state index contributed by atoms with van der Waals surface area (Å²) < 4.78 is 0.774. The van der Waals surface area contributed by atoms with Gasteiger partial charge in [0, 0.05) is 9.50 Å². The van der Waals surface area contributed by atoms with Crippen molar-refractivity contribution in [2.75, 3.05) is 5.32 Å². The maximum absolute atomic E-state index is 11.9. The molecule has 0 aliphatic heterocycles. The highest BCUT2D eigenvalue weighted by Gasteiger charge is 2.27. The predicted molar refractivity (Wildman–Crippen MR) is 75.2 cm³/mol. The first-order valence-electron chi connectivity index (χ1n) is 5.23. The smallest absolute Gasteiger partial charge is 0.241 e. The molecule has 3 N–H and O–H groups in total. The summed E-state index contributed by atoms with van der Waals surface area (Å²) >= 11 is 9.21. The summed E-state index contributed by atoms with van der Waals surface area (Å²) in [5.41, 5.74) is 6.21. The van der Waals surface area contributed by atoms with Gasteiger partial charge in [0.25, 0.3) is 0 Å². The van der Waals surface area contributed by atoms with Crippen LogP contribution in [-0.4, -0.2) is 11.9 Å². The number of hydrogen-bond donors (Lipinski definition) is 2. The van der Waals surface area contributed by atoms with Gasteiger partial charge < -0.3 is 11.1 Å². The lowest BCUT2D eigenvalue weighted by atomic mass is 9.87. The number of carbonyl (C=O) groups excluding carboxylic acids is 1. The van der Waals surface area contributed by atoms with Gasteiger partial charge in [-0.1, -0.05) is 32.4 Å². The van der Waals surface area contributed by atoms with Crippen LogP contribution in [-0.2, 0) is 4.79 Å². The van der Waals surface area contributed by atoms with Crippen molar-refractivity contribution in [2.45, 2.75) is 26.8 Å². The molecule has 1 aromatic rings. The molecule has 1 atom stereocenters. The molecule has 1 unspecified atom stereocenters. The van der Waals surface area contributed by atoms with Crippen LogP contribution in [0.3, 0.4) is 0 Å². The van der Waals surface area contributed by atoms with Gasteiger partial charge in [-0.3, -0.25) is 4.79 Å². The summed E-state index contributed by atoms with van der Waals surface area (Å²) in [6, 6.07) is 4.62. The third-order valence-electron chi connectivity index (χ3n) is 2.40. The second kappa shape index (κ2) is 5.38. The Balaban J connectivity index is 2.85. The van der Waals surface area contributed by atoms with E-state index in [2.05, 4.69) is 21.2 Å². The highest BCUT2D eigenvalue weighted by atomic mass is 79.9. The van der Waals surface area contributed by atoms with Crippen LogP contribution in [0.4, 0.5) is 5.69 Å². The van der Waals surface area contributed by atoms with Crippen molar-refractivity contribution in [1.82, 2.24) is 0 Å². The molecule has 3 nitrogen and oxygen atoms in total. The molecular formula is C12H16BrClN2O. The Morgan fingerprint density at radius 3 is 2.59 bits per heavy atom. The Kier molecular flexibility index (Phi) is 4.58. The molecular weight excluding hydrogens is 304 g/mol. The highest BCUT2D eigenvalue weighted by Crippen LogP contribution is 2.27. The zero-order valence-electron chi connectivity index (χ0n) is 10.1. The summed E-state index contributed by atoms with van der Waals surface area (Å²) in [6.45, 7) is 5.76. The Bertz CT molecular complexity index is 429. The van der Waals surface area contributed by atoms with E-state index in [1.54, 1.807) is 18.2 Å².